The predicted octanol–water partition coefficient (Wildman–Crippen LogP) is 2.25. The number of anilines is 1. The Morgan fingerprint density at radius 1 is 1.26 bits per heavy atom. The van der Waals surface area contributed by atoms with Crippen LogP contribution in [0.5, 0.6) is 5.75 Å². The van der Waals surface area contributed by atoms with Gasteiger partial charge in [-0.1, -0.05) is 13.3 Å². The Bertz CT molecular complexity index is 406. The first-order valence-electron chi connectivity index (χ1n) is 6.37. The maximum atomic E-state index is 11.7. The van der Waals surface area contributed by atoms with Crippen LogP contribution in [0.3, 0.4) is 0 Å². The summed E-state index contributed by atoms with van der Waals surface area (Å²) < 4.78 is 15.4. The Kier molecular flexibility index (Phi) is 6.74. The zero-order chi connectivity index (χ0) is 14.1. The van der Waals surface area contributed by atoms with E-state index in [1.807, 2.05) is 0 Å². The molecule has 0 aromatic heterocycles. The van der Waals surface area contributed by atoms with E-state index in [9.17, 15) is 4.79 Å². The maximum absolute atomic E-state index is 11.7. The molecule has 0 amide bonds. The second-order valence-corrected chi connectivity index (χ2v) is 4.06. The summed E-state index contributed by atoms with van der Waals surface area (Å²) in [5, 5.41) is 0. The number of rotatable bonds is 8. The van der Waals surface area contributed by atoms with Gasteiger partial charge in [0.25, 0.3) is 0 Å². The molecule has 5 nitrogen and oxygen atoms in total. The van der Waals surface area contributed by atoms with Crippen LogP contribution in [-0.2, 0) is 9.47 Å². The van der Waals surface area contributed by atoms with E-state index in [4.69, 9.17) is 19.9 Å². The molecule has 1 aromatic rings. The van der Waals surface area contributed by atoms with Crippen molar-refractivity contribution in [2.75, 3.05) is 32.7 Å². The third kappa shape index (κ3) is 5.18. The quantitative estimate of drug-likeness (QED) is 0.444. The van der Waals surface area contributed by atoms with Gasteiger partial charge in [0.15, 0.2) is 0 Å². The molecule has 0 spiro atoms. The molecule has 0 aliphatic carbocycles. The molecule has 0 aliphatic rings. The summed E-state index contributed by atoms with van der Waals surface area (Å²) in [5.74, 6) is 0.0611. The molecule has 1 aromatic carbocycles. The van der Waals surface area contributed by atoms with Gasteiger partial charge in [0.1, 0.15) is 12.4 Å². The van der Waals surface area contributed by atoms with Gasteiger partial charge in [-0.2, -0.15) is 0 Å². The van der Waals surface area contributed by atoms with Gasteiger partial charge < -0.3 is 19.9 Å². The first-order valence-corrected chi connectivity index (χ1v) is 6.37. The van der Waals surface area contributed by atoms with Crippen molar-refractivity contribution in [3.63, 3.8) is 0 Å². The van der Waals surface area contributed by atoms with Crippen molar-refractivity contribution in [3.05, 3.63) is 23.8 Å². The fourth-order valence-electron chi connectivity index (χ4n) is 1.46. The zero-order valence-electron chi connectivity index (χ0n) is 11.5. The minimum Gasteiger partial charge on any atom is -0.495 e. The van der Waals surface area contributed by atoms with E-state index in [1.54, 1.807) is 18.2 Å². The van der Waals surface area contributed by atoms with Crippen LogP contribution in [0.25, 0.3) is 0 Å². The third-order valence-corrected chi connectivity index (χ3v) is 2.57. The van der Waals surface area contributed by atoms with E-state index in [2.05, 4.69) is 6.92 Å². The van der Waals surface area contributed by atoms with E-state index in [0.29, 0.717) is 30.2 Å². The van der Waals surface area contributed by atoms with Gasteiger partial charge in [-0.25, -0.2) is 4.79 Å². The Morgan fingerprint density at radius 3 is 2.74 bits per heavy atom. The number of benzene rings is 1. The van der Waals surface area contributed by atoms with Crippen molar-refractivity contribution in [2.24, 2.45) is 0 Å². The number of carbonyl (C=O) groups is 1. The highest BCUT2D eigenvalue weighted by molar-refractivity contribution is 5.90. The lowest BCUT2D eigenvalue weighted by atomic mass is 10.2. The number of unbranched alkanes of at least 4 members (excludes halogenated alkanes) is 1. The van der Waals surface area contributed by atoms with Crippen LogP contribution in [0.1, 0.15) is 30.1 Å². The van der Waals surface area contributed by atoms with Gasteiger partial charge in [-0.15, -0.1) is 0 Å². The standard InChI is InChI=1S/C14H21NO4/c1-3-4-7-18-8-9-19-14(16)11-5-6-12(15)13(10-11)17-2/h5-6,10H,3-4,7-9,15H2,1-2H3. The molecule has 1 rings (SSSR count). The van der Waals surface area contributed by atoms with Crippen molar-refractivity contribution in [1.82, 2.24) is 0 Å². The van der Waals surface area contributed by atoms with Crippen molar-refractivity contribution < 1.29 is 19.0 Å². The predicted molar refractivity (Wildman–Crippen MR) is 73.4 cm³/mol. The average Bonchev–Trinajstić information content (AvgIpc) is 2.43. The number of hydrogen-bond donors (Lipinski definition) is 1. The third-order valence-electron chi connectivity index (χ3n) is 2.57. The Morgan fingerprint density at radius 2 is 2.05 bits per heavy atom. The Hall–Kier alpha value is -1.75. The number of ether oxygens (including phenoxy) is 3. The van der Waals surface area contributed by atoms with Crippen LogP contribution < -0.4 is 10.5 Å². The number of nitrogen functional groups attached to an aromatic ring is 1. The molecule has 0 aliphatic heterocycles. The van der Waals surface area contributed by atoms with Gasteiger partial charge in [-0.05, 0) is 24.6 Å². The SMILES string of the molecule is CCCCOCCOC(=O)c1ccc(N)c(OC)c1. The molecule has 0 radical (unpaired) electrons. The van der Waals surface area contributed by atoms with Gasteiger partial charge in [0, 0.05) is 6.61 Å². The summed E-state index contributed by atoms with van der Waals surface area (Å²) in [6, 6.07) is 4.79. The normalized spacial score (nSPS) is 10.2. The monoisotopic (exact) mass is 267 g/mol. The average molecular weight is 267 g/mol. The topological polar surface area (TPSA) is 70.8 Å². The lowest BCUT2D eigenvalue weighted by molar-refractivity contribution is 0.0313. The molecule has 5 heteroatoms. The summed E-state index contributed by atoms with van der Waals surface area (Å²) in [7, 11) is 1.50. The van der Waals surface area contributed by atoms with Crippen LogP contribution in [-0.4, -0.2) is 32.9 Å². The summed E-state index contributed by atoms with van der Waals surface area (Å²) in [5.41, 5.74) is 6.58. The molecule has 0 unspecified atom stereocenters. The summed E-state index contributed by atoms with van der Waals surface area (Å²) >= 11 is 0. The second-order valence-electron chi connectivity index (χ2n) is 4.06. The molecule has 19 heavy (non-hydrogen) atoms. The molecule has 2 N–H and O–H groups in total. The molecule has 0 saturated carbocycles. The van der Waals surface area contributed by atoms with Crippen molar-refractivity contribution in [1.29, 1.82) is 0 Å². The molecular weight excluding hydrogens is 246 g/mol. The number of hydrogen-bond acceptors (Lipinski definition) is 5. The summed E-state index contributed by atoms with van der Waals surface area (Å²) in [4.78, 5) is 11.7. The molecular formula is C14H21NO4. The highest BCUT2D eigenvalue weighted by atomic mass is 16.6. The van der Waals surface area contributed by atoms with Crippen molar-refractivity contribution >= 4 is 11.7 Å². The van der Waals surface area contributed by atoms with Crippen molar-refractivity contribution in [3.8, 4) is 5.75 Å². The van der Waals surface area contributed by atoms with Crippen LogP contribution in [0.4, 0.5) is 5.69 Å². The van der Waals surface area contributed by atoms with Gasteiger partial charge >= 0.3 is 5.97 Å². The van der Waals surface area contributed by atoms with E-state index in [0.717, 1.165) is 12.8 Å². The van der Waals surface area contributed by atoms with E-state index in [-0.39, 0.29) is 6.61 Å². The molecule has 106 valence electrons. The Labute approximate surface area is 113 Å². The largest absolute Gasteiger partial charge is 0.495 e. The minimum atomic E-state index is -0.405. The first-order chi connectivity index (χ1) is 9.19. The van der Waals surface area contributed by atoms with Crippen LogP contribution in [0.15, 0.2) is 18.2 Å². The summed E-state index contributed by atoms with van der Waals surface area (Å²) in [6.45, 7) is 3.45. The van der Waals surface area contributed by atoms with E-state index < -0.39 is 5.97 Å². The van der Waals surface area contributed by atoms with Crippen LogP contribution in [0.2, 0.25) is 0 Å². The second kappa shape index (κ2) is 8.37. The highest BCUT2D eigenvalue weighted by Gasteiger charge is 2.09. The Balaban J connectivity index is 2.37. The maximum Gasteiger partial charge on any atom is 0.338 e. The zero-order valence-corrected chi connectivity index (χ0v) is 11.5. The summed E-state index contributed by atoms with van der Waals surface area (Å²) in [6.07, 6.45) is 2.11. The molecule has 0 saturated heterocycles. The smallest absolute Gasteiger partial charge is 0.338 e. The van der Waals surface area contributed by atoms with E-state index in [1.165, 1.54) is 7.11 Å². The van der Waals surface area contributed by atoms with Gasteiger partial charge in [0.2, 0.25) is 0 Å². The number of nitrogens with two attached hydrogens (primary N) is 1. The molecule has 0 heterocycles. The fourth-order valence-corrected chi connectivity index (χ4v) is 1.46. The minimum absolute atomic E-state index is 0.245. The number of methoxy groups -OCH3 is 1. The van der Waals surface area contributed by atoms with Crippen LogP contribution in [0, 0.1) is 0 Å². The lowest BCUT2D eigenvalue weighted by Gasteiger charge is -2.08. The van der Waals surface area contributed by atoms with Crippen LogP contribution >= 0.6 is 0 Å². The number of esters is 1. The van der Waals surface area contributed by atoms with E-state index >= 15 is 0 Å². The van der Waals surface area contributed by atoms with Gasteiger partial charge in [0.05, 0.1) is 25.0 Å². The molecule has 0 atom stereocenters. The number of carbonyl (C=O) groups excluding carboxylic acids is 1. The first kappa shape index (κ1) is 15.3. The highest BCUT2D eigenvalue weighted by Crippen LogP contribution is 2.22. The van der Waals surface area contributed by atoms with Crippen molar-refractivity contribution in [2.45, 2.75) is 19.8 Å². The fraction of sp³-hybridized carbons (Fsp3) is 0.500. The lowest BCUT2D eigenvalue weighted by Crippen LogP contribution is -2.11. The van der Waals surface area contributed by atoms with Gasteiger partial charge in [-0.3, -0.25) is 0 Å². The molecule has 0 bridgehead atoms. The molecule has 0 fully saturated rings.